The van der Waals surface area contributed by atoms with Crippen LogP contribution in [0.2, 0.25) is 10.0 Å². The molecule has 0 aliphatic heterocycles. The zero-order valence-electron chi connectivity index (χ0n) is 14.9. The molecular formula is C21H17Cl2N3O2. The predicted molar refractivity (Wildman–Crippen MR) is 109 cm³/mol. The van der Waals surface area contributed by atoms with E-state index in [1.54, 1.807) is 35.3 Å². The molecule has 1 aliphatic carbocycles. The normalized spacial score (nSPS) is 13.8. The van der Waals surface area contributed by atoms with Gasteiger partial charge in [0.1, 0.15) is 0 Å². The van der Waals surface area contributed by atoms with Gasteiger partial charge in [-0.15, -0.1) is 10.2 Å². The molecule has 2 aromatic carbocycles. The van der Waals surface area contributed by atoms with Crippen LogP contribution in [0.3, 0.4) is 0 Å². The summed E-state index contributed by atoms with van der Waals surface area (Å²) in [6.45, 7) is 0.265. The molecule has 7 heteroatoms. The van der Waals surface area contributed by atoms with Crippen molar-refractivity contribution in [1.82, 2.24) is 15.1 Å². The van der Waals surface area contributed by atoms with Gasteiger partial charge in [-0.05, 0) is 48.7 Å². The Morgan fingerprint density at radius 2 is 1.96 bits per heavy atom. The van der Waals surface area contributed by atoms with E-state index < -0.39 is 0 Å². The van der Waals surface area contributed by atoms with Crippen LogP contribution in [-0.2, 0) is 11.3 Å². The quantitative estimate of drug-likeness (QED) is 0.517. The highest BCUT2D eigenvalue weighted by molar-refractivity contribution is 6.33. The Morgan fingerprint density at radius 3 is 2.71 bits per heavy atom. The van der Waals surface area contributed by atoms with Crippen LogP contribution >= 0.6 is 23.2 Å². The van der Waals surface area contributed by atoms with Gasteiger partial charge in [0, 0.05) is 17.1 Å². The molecule has 3 aromatic rings. The Kier molecular flexibility index (Phi) is 5.46. The minimum Gasteiger partial charge on any atom is -0.419 e. The van der Waals surface area contributed by atoms with Gasteiger partial charge in [-0.3, -0.25) is 4.79 Å². The minimum atomic E-state index is -0.0973. The van der Waals surface area contributed by atoms with Crippen LogP contribution in [0.25, 0.3) is 17.5 Å². The Balaban J connectivity index is 1.49. The van der Waals surface area contributed by atoms with Gasteiger partial charge < -0.3 is 9.32 Å². The second-order valence-corrected chi connectivity index (χ2v) is 7.41. The molecule has 1 amide bonds. The maximum atomic E-state index is 12.7. The summed E-state index contributed by atoms with van der Waals surface area (Å²) in [6, 6.07) is 14.8. The molecule has 1 heterocycles. The lowest BCUT2D eigenvalue weighted by atomic mass is 10.2. The monoisotopic (exact) mass is 413 g/mol. The van der Waals surface area contributed by atoms with Gasteiger partial charge in [-0.1, -0.05) is 47.5 Å². The van der Waals surface area contributed by atoms with Gasteiger partial charge in [-0.25, -0.2) is 0 Å². The summed E-state index contributed by atoms with van der Waals surface area (Å²) in [7, 11) is 0. The van der Waals surface area contributed by atoms with E-state index >= 15 is 0 Å². The maximum Gasteiger partial charge on any atom is 0.249 e. The van der Waals surface area contributed by atoms with Gasteiger partial charge in [-0.2, -0.15) is 0 Å². The number of hydrogen-bond donors (Lipinski definition) is 0. The van der Waals surface area contributed by atoms with Crippen molar-refractivity contribution < 1.29 is 9.21 Å². The molecule has 0 radical (unpaired) electrons. The topological polar surface area (TPSA) is 59.2 Å². The van der Waals surface area contributed by atoms with E-state index in [4.69, 9.17) is 27.6 Å². The molecule has 0 unspecified atom stereocenters. The van der Waals surface area contributed by atoms with Gasteiger partial charge in [0.25, 0.3) is 0 Å². The lowest BCUT2D eigenvalue weighted by molar-refractivity contribution is -0.127. The van der Waals surface area contributed by atoms with Crippen molar-refractivity contribution in [3.63, 3.8) is 0 Å². The van der Waals surface area contributed by atoms with Crippen molar-refractivity contribution in [3.05, 3.63) is 76.1 Å². The third-order valence-electron chi connectivity index (χ3n) is 4.41. The van der Waals surface area contributed by atoms with Crippen molar-refractivity contribution in [3.8, 4) is 11.5 Å². The number of carbonyl (C=O) groups is 1. The van der Waals surface area contributed by atoms with E-state index in [9.17, 15) is 4.79 Å². The van der Waals surface area contributed by atoms with E-state index in [-0.39, 0.29) is 18.5 Å². The lowest BCUT2D eigenvalue weighted by Gasteiger charge is -2.18. The molecule has 0 atom stereocenters. The zero-order valence-corrected chi connectivity index (χ0v) is 16.4. The second kappa shape index (κ2) is 8.17. The first kappa shape index (κ1) is 18.7. The molecule has 1 aromatic heterocycles. The van der Waals surface area contributed by atoms with Gasteiger partial charge in [0.2, 0.25) is 17.7 Å². The summed E-state index contributed by atoms with van der Waals surface area (Å²) < 4.78 is 5.75. The summed E-state index contributed by atoms with van der Waals surface area (Å²) in [5.41, 5.74) is 1.54. The number of rotatable bonds is 6. The molecule has 1 fully saturated rings. The SMILES string of the molecule is O=C(/C=C/c1cccc(Cl)c1)N(Cc1nnc(-c2ccccc2Cl)o1)C1CC1. The fourth-order valence-corrected chi connectivity index (χ4v) is 3.27. The minimum absolute atomic E-state index is 0.0973. The highest BCUT2D eigenvalue weighted by Gasteiger charge is 2.32. The molecule has 142 valence electrons. The molecule has 0 saturated heterocycles. The van der Waals surface area contributed by atoms with Gasteiger partial charge >= 0.3 is 0 Å². The Morgan fingerprint density at radius 1 is 1.14 bits per heavy atom. The van der Waals surface area contributed by atoms with E-state index in [1.165, 1.54) is 0 Å². The molecule has 1 aliphatic rings. The number of nitrogens with zero attached hydrogens (tertiary/aromatic N) is 3. The summed E-state index contributed by atoms with van der Waals surface area (Å²) in [5, 5.41) is 9.33. The molecule has 0 N–H and O–H groups in total. The molecule has 5 nitrogen and oxygen atoms in total. The first-order valence-electron chi connectivity index (χ1n) is 8.92. The van der Waals surface area contributed by atoms with E-state index in [1.807, 2.05) is 30.3 Å². The second-order valence-electron chi connectivity index (χ2n) is 6.57. The molecular weight excluding hydrogens is 397 g/mol. The average Bonchev–Trinajstić information content (AvgIpc) is 3.43. The van der Waals surface area contributed by atoms with Crippen LogP contribution in [0, 0.1) is 0 Å². The molecule has 28 heavy (non-hydrogen) atoms. The first-order valence-corrected chi connectivity index (χ1v) is 9.67. The molecule has 1 saturated carbocycles. The number of amides is 1. The summed E-state index contributed by atoms with van der Waals surface area (Å²) in [4.78, 5) is 14.5. The fourth-order valence-electron chi connectivity index (χ4n) is 2.85. The predicted octanol–water partition coefficient (Wildman–Crippen LogP) is 5.25. The van der Waals surface area contributed by atoms with Crippen molar-refractivity contribution >= 4 is 35.2 Å². The number of halogens is 2. The smallest absolute Gasteiger partial charge is 0.249 e. The standard InChI is InChI=1S/C21H17Cl2N3O2/c22-15-5-3-4-14(12-15)8-11-20(27)26(16-9-10-16)13-19-24-25-21(28-19)17-6-1-2-7-18(17)23/h1-8,11-12,16H,9-10,13H2/b11-8+. The van der Waals surface area contributed by atoms with Crippen molar-refractivity contribution in [2.24, 2.45) is 0 Å². The summed E-state index contributed by atoms with van der Waals surface area (Å²) in [5.74, 6) is 0.629. The van der Waals surface area contributed by atoms with Crippen LogP contribution in [0.1, 0.15) is 24.3 Å². The van der Waals surface area contributed by atoms with E-state index in [0.717, 1.165) is 18.4 Å². The third-order valence-corrected chi connectivity index (χ3v) is 4.98. The van der Waals surface area contributed by atoms with Crippen LogP contribution in [0.4, 0.5) is 0 Å². The number of aromatic nitrogens is 2. The van der Waals surface area contributed by atoms with Crippen LogP contribution in [-0.4, -0.2) is 27.0 Å². The van der Waals surface area contributed by atoms with E-state index in [2.05, 4.69) is 10.2 Å². The van der Waals surface area contributed by atoms with Crippen LogP contribution in [0.15, 0.2) is 59.0 Å². The van der Waals surface area contributed by atoms with Crippen LogP contribution in [0.5, 0.6) is 0 Å². The Bertz CT molecular complexity index is 1030. The summed E-state index contributed by atoms with van der Waals surface area (Å²) in [6.07, 6.45) is 5.26. The van der Waals surface area contributed by atoms with Crippen LogP contribution < -0.4 is 0 Å². The largest absolute Gasteiger partial charge is 0.419 e. The van der Waals surface area contributed by atoms with Crippen molar-refractivity contribution in [2.75, 3.05) is 0 Å². The molecule has 4 rings (SSSR count). The Labute approximate surface area is 172 Å². The van der Waals surface area contributed by atoms with E-state index in [0.29, 0.717) is 27.4 Å². The third kappa shape index (κ3) is 4.43. The number of carbonyl (C=O) groups excluding carboxylic acids is 1. The highest BCUT2D eigenvalue weighted by Crippen LogP contribution is 2.30. The Hall–Kier alpha value is -2.63. The zero-order chi connectivity index (χ0) is 19.5. The first-order chi connectivity index (χ1) is 13.6. The van der Waals surface area contributed by atoms with Crippen molar-refractivity contribution in [1.29, 1.82) is 0 Å². The van der Waals surface area contributed by atoms with Gasteiger partial charge in [0.05, 0.1) is 17.1 Å². The number of hydrogen-bond acceptors (Lipinski definition) is 4. The number of benzene rings is 2. The molecule has 0 bridgehead atoms. The highest BCUT2D eigenvalue weighted by atomic mass is 35.5. The fraction of sp³-hybridized carbons (Fsp3) is 0.190. The summed E-state index contributed by atoms with van der Waals surface area (Å²) >= 11 is 12.2. The van der Waals surface area contributed by atoms with Gasteiger partial charge in [0.15, 0.2) is 0 Å². The van der Waals surface area contributed by atoms with Crippen molar-refractivity contribution in [2.45, 2.75) is 25.4 Å². The average molecular weight is 414 g/mol. The maximum absolute atomic E-state index is 12.7. The lowest BCUT2D eigenvalue weighted by Crippen LogP contribution is -2.31. The molecule has 0 spiro atoms.